The number of nitrogens with zero attached hydrogens (tertiary/aromatic N) is 2. The number of halogens is 6. The van der Waals surface area contributed by atoms with Gasteiger partial charge in [0.1, 0.15) is 63.3 Å². The lowest BCUT2D eigenvalue weighted by atomic mass is 9.48. The van der Waals surface area contributed by atoms with Crippen LogP contribution in [0.3, 0.4) is 0 Å². The normalized spacial score (nSPS) is 20.0. The number of methoxy groups -OCH3 is 1. The Labute approximate surface area is 862 Å². The predicted octanol–water partition coefficient (Wildman–Crippen LogP) is 14.0. The number of aryl methyl sites for hydroxylation is 1. The quantitative estimate of drug-likeness (QED) is 0.00778. The molecule has 10 unspecified atom stereocenters. The number of esters is 4. The summed E-state index contributed by atoms with van der Waals surface area (Å²) >= 11 is 0. The lowest BCUT2D eigenvalue weighted by Gasteiger charge is -2.61. The molecule has 0 radical (unpaired) electrons. The zero-order chi connectivity index (χ0) is 113. The SMILES string of the molecule is CC1C(=O)N(c2ccc(CCS(=O)(=O)[O-])cc2)C(=O)C1C.CC1C(=O)N(c2ccc(S(=O)(=O)[O-])cc2)C(=O)C1C.CCC(C)(C)C(=O)OC12CC3CC(CC(COC(=O)C(F)(F)S(=O)(=O)[O-])(C3)C1)C2.CCC(C)(C)C(=O)Oc1ccc(S(=O)(=O)[O-])cc1.CCC(C)c1ccc(COc2c(F)c(F)c(S(=O)(=O)[O-])c(F)c2F)cc1.CCC(C)c1ccc(CS(=O)(=O)[O-])cc1.COC(=O)C(C)C(C)C(=O)Nc1ccc(S(=O)(=O)[O-])cc1. The molecule has 6 fully saturated rings. The van der Waals surface area contributed by atoms with E-state index in [2.05, 4.69) is 28.6 Å². The third kappa shape index (κ3) is 34.5. The fourth-order valence-electron chi connectivity index (χ4n) is 16.0. The molecule has 1 N–H and O–H groups in total. The van der Waals surface area contributed by atoms with Crippen LogP contribution in [0.25, 0.3) is 0 Å². The van der Waals surface area contributed by atoms with Crippen LogP contribution in [-0.4, -0.2) is 175 Å². The lowest BCUT2D eigenvalue weighted by molar-refractivity contribution is -0.218. The molecule has 2 saturated heterocycles. The van der Waals surface area contributed by atoms with Crippen molar-refractivity contribution >= 4 is 141 Å². The van der Waals surface area contributed by atoms with Crippen molar-refractivity contribution in [3.63, 3.8) is 0 Å². The van der Waals surface area contributed by atoms with Gasteiger partial charge in [0, 0.05) is 46.4 Å². The van der Waals surface area contributed by atoms with Gasteiger partial charge in [-0.15, -0.1) is 0 Å². The Hall–Kier alpha value is -11.1. The van der Waals surface area contributed by atoms with Crippen molar-refractivity contribution in [2.75, 3.05) is 34.6 Å². The Morgan fingerprint density at radius 2 is 0.846 bits per heavy atom. The van der Waals surface area contributed by atoms with Crippen molar-refractivity contribution < 1.29 is 184 Å². The molecule has 51 heteroatoms. The van der Waals surface area contributed by atoms with E-state index in [9.17, 15) is 160 Å². The summed E-state index contributed by atoms with van der Waals surface area (Å²) in [6, 6.07) is 34.8. The van der Waals surface area contributed by atoms with E-state index in [0.717, 1.165) is 71.0 Å². The molecule has 4 bridgehead atoms. The van der Waals surface area contributed by atoms with Gasteiger partial charge in [0.2, 0.25) is 41.2 Å². The maximum Gasteiger partial charge on any atom is 0.428 e. The second kappa shape index (κ2) is 50.9. The van der Waals surface area contributed by atoms with E-state index in [1.54, 1.807) is 130 Å². The number of hydrogen-bond donors (Lipinski definition) is 1. The van der Waals surface area contributed by atoms with E-state index in [0.29, 0.717) is 84.8 Å². The largest absolute Gasteiger partial charge is 0.748 e. The predicted molar refractivity (Wildman–Crippen MR) is 516 cm³/mol. The minimum Gasteiger partial charge on any atom is -0.748 e. The average molecular weight is 2230 g/mol. The van der Waals surface area contributed by atoms with Crippen molar-refractivity contribution in [2.45, 2.75) is 236 Å². The number of carbonyl (C=O) groups excluding carboxylic acids is 9. The molecule has 38 nitrogen and oxygen atoms in total. The van der Waals surface area contributed by atoms with E-state index in [1.807, 2.05) is 39.8 Å². The summed E-state index contributed by atoms with van der Waals surface area (Å²) < 4.78 is 331. The van der Waals surface area contributed by atoms with Crippen LogP contribution in [0, 0.1) is 86.9 Å². The van der Waals surface area contributed by atoms with Crippen LogP contribution in [0.4, 0.5) is 43.4 Å². The van der Waals surface area contributed by atoms with Gasteiger partial charge in [0.15, 0.2) is 27.5 Å². The van der Waals surface area contributed by atoms with E-state index in [4.69, 9.17) is 14.2 Å². The molecule has 10 atom stereocenters. The monoisotopic (exact) mass is 2230 g/mol. The summed E-state index contributed by atoms with van der Waals surface area (Å²) in [5.41, 5.74) is 2.35. The summed E-state index contributed by atoms with van der Waals surface area (Å²) in [5, 5.41) is -2.58. The number of rotatable bonds is 32. The van der Waals surface area contributed by atoms with Gasteiger partial charge in [-0.25, -0.2) is 72.5 Å². The summed E-state index contributed by atoms with van der Waals surface area (Å²) in [7, 11) is -32.6. The second-order valence-corrected chi connectivity index (χ2v) is 48.0. The Kier molecular flexibility index (Phi) is 43.2. The standard InChI is InChI=1S/C19H28F2O7S.C17H16F4O4S.C14H17NO5S.C13H17NO6S.C12H13NO5S.C12H16O5S.C11H16O3S/c1-4-16(2,3)14(22)28-18-8-12-5-13(9-18)7-17(6-12,10-18)11-27-15(23)19(20,21)29(24,25)26;1-3-9(2)11-6-4-10(5-7-11)8-25-16-12(18)14(20)17(26(22,23)24)15(21)13(16)19;1-9-10(2)14(17)15(13(9)16)12-5-3-11(4-6-12)7-8-21(18,19)20;1-8(9(2)13(16)20-3)12(15)14-10-4-6-11(7-5-10)21(17,18)19;1-7-8(2)12(15)13(11(7)14)9-3-5-10(6-4-9)19(16,17)18;1-4-12(2,3)11(13)17-9-5-7-10(8-6-9)18(14,15)16;1-3-9(2)11-6-4-10(5-7-11)8-15(12,13)14/h12-13H,4-11H2,1-3H3,(H,24,25,26);4-7,9H,3,8H2,1-2H3,(H,22,23,24);3-6,9-10H,7-8H2,1-2H3,(H,18,19,20);4-9H,1-3H3,(H,14,15)(H,17,18,19);3-8H,1-2H3,(H,16,17,18);5-8H,4H2,1-3H3,(H,14,15,16);4-7,9H,3,8H2,1-2H3,(H,12,13,14)/p-7. The summed E-state index contributed by atoms with van der Waals surface area (Å²) in [5.74, 6) is -17.5. The third-order valence-corrected chi connectivity index (χ3v) is 32.1. The van der Waals surface area contributed by atoms with Crippen molar-refractivity contribution in [1.29, 1.82) is 0 Å². The van der Waals surface area contributed by atoms with Crippen molar-refractivity contribution in [3.8, 4) is 11.5 Å². The molecule has 0 aromatic heterocycles. The summed E-state index contributed by atoms with van der Waals surface area (Å²) in [6.07, 6.45) is 7.26. The first-order valence-corrected chi connectivity index (χ1v) is 56.5. The van der Waals surface area contributed by atoms with Crippen LogP contribution in [-0.2, 0) is 147 Å². The van der Waals surface area contributed by atoms with Gasteiger partial charge in [0.05, 0.1) is 82.5 Å². The van der Waals surface area contributed by atoms with Gasteiger partial charge in [-0.05, 0) is 235 Å². The van der Waals surface area contributed by atoms with E-state index >= 15 is 0 Å². The highest BCUT2D eigenvalue weighted by atomic mass is 32.2. The number of hydrogen-bond acceptors (Lipinski definition) is 35. The first kappa shape index (κ1) is 127. The molecule has 4 aliphatic carbocycles. The number of amides is 5. The lowest BCUT2D eigenvalue weighted by Crippen LogP contribution is -2.59. The molecule has 149 heavy (non-hydrogen) atoms. The Balaban J connectivity index is 0.000000268. The Morgan fingerprint density at radius 3 is 1.21 bits per heavy atom. The number of benzene rings is 7. The van der Waals surface area contributed by atoms with Gasteiger partial charge in [-0.1, -0.05) is 144 Å². The van der Waals surface area contributed by atoms with Crippen LogP contribution < -0.4 is 24.6 Å². The van der Waals surface area contributed by atoms with Gasteiger partial charge < -0.3 is 60.9 Å². The number of carbonyl (C=O) groups is 9. The molecule has 0 spiro atoms. The fourth-order valence-corrected chi connectivity index (χ4v) is 19.4. The van der Waals surface area contributed by atoms with Crippen LogP contribution in [0.1, 0.15) is 215 Å². The molecule has 7 aromatic carbocycles. The first-order valence-electron chi connectivity index (χ1n) is 46.3. The van der Waals surface area contributed by atoms with Crippen molar-refractivity contribution in [2.24, 2.45) is 63.6 Å². The Morgan fingerprint density at radius 1 is 0.470 bits per heavy atom. The molecule has 13 rings (SSSR count). The van der Waals surface area contributed by atoms with Gasteiger partial charge in [-0.2, -0.15) is 17.6 Å². The fraction of sp³-hybridized carbons (Fsp3) is 0.480. The number of anilines is 3. The van der Waals surface area contributed by atoms with E-state index < -0.39 is 209 Å². The van der Waals surface area contributed by atoms with Gasteiger partial charge in [0.25, 0.3) is 0 Å². The van der Waals surface area contributed by atoms with Crippen LogP contribution in [0.5, 0.6) is 11.5 Å². The van der Waals surface area contributed by atoms with Crippen LogP contribution >= 0.6 is 0 Å². The first-order chi connectivity index (χ1) is 68.4. The minimum atomic E-state index is -6.15. The molecule has 4 saturated carbocycles. The molecule has 824 valence electrons. The molecule has 2 aliphatic heterocycles. The number of nitrogens with one attached hydrogen (secondary N) is 1. The van der Waals surface area contributed by atoms with E-state index in [-0.39, 0.29) is 80.9 Å². The Bertz CT molecular complexity index is 6790. The zero-order valence-electron chi connectivity index (χ0n) is 84.0. The van der Waals surface area contributed by atoms with Gasteiger partial charge in [-0.3, -0.25) is 48.2 Å². The molecular formula is C98H116F6N3O35S7-7. The zero-order valence-corrected chi connectivity index (χ0v) is 89.8. The highest BCUT2D eigenvalue weighted by molar-refractivity contribution is 7.88. The van der Waals surface area contributed by atoms with Crippen LogP contribution in [0.15, 0.2) is 165 Å². The van der Waals surface area contributed by atoms with Crippen molar-refractivity contribution in [3.05, 3.63) is 197 Å². The highest BCUT2D eigenvalue weighted by Crippen LogP contribution is 2.63. The molecular weight excluding hydrogens is 2120 g/mol. The van der Waals surface area contributed by atoms with Crippen LogP contribution in [0.2, 0.25) is 0 Å². The topological polar surface area (TPSA) is 619 Å². The summed E-state index contributed by atoms with van der Waals surface area (Å²) in [4.78, 5) is 106. The van der Waals surface area contributed by atoms with Crippen molar-refractivity contribution in [1.82, 2.24) is 0 Å². The number of ether oxygens (including phenoxy) is 5. The maximum absolute atomic E-state index is 13.8. The number of alkyl halides is 2. The molecule has 5 amide bonds. The smallest absolute Gasteiger partial charge is 0.428 e. The highest BCUT2D eigenvalue weighted by Gasteiger charge is 2.61. The summed E-state index contributed by atoms with van der Waals surface area (Å²) in [6.45, 7) is 28.2. The molecule has 7 aromatic rings. The average Bonchev–Trinajstić information content (AvgIpc) is 1.11. The molecule has 6 aliphatic rings. The minimum absolute atomic E-state index is 0.112. The van der Waals surface area contributed by atoms with Gasteiger partial charge >= 0.3 is 29.1 Å². The second-order valence-electron chi connectivity index (χ2n) is 38.2. The number of imide groups is 2. The third-order valence-electron chi connectivity index (χ3n) is 26.5. The maximum atomic E-state index is 13.8. The van der Waals surface area contributed by atoms with E-state index in [1.165, 1.54) is 49.1 Å². The molecule has 2 heterocycles.